The SMILES string of the molecule is O=C(Nc1cccc(Oc2ccccc2)c1)c1c(O)[nH]c(Cc2cnc[nH]2)c1O. The molecule has 2 aromatic carbocycles. The van der Waals surface area contributed by atoms with Gasteiger partial charge in [-0.15, -0.1) is 0 Å². The lowest BCUT2D eigenvalue weighted by Crippen LogP contribution is -2.11. The summed E-state index contributed by atoms with van der Waals surface area (Å²) in [6.45, 7) is 0. The molecule has 0 aliphatic heterocycles. The number of H-pyrrole nitrogens is 2. The minimum Gasteiger partial charge on any atom is -0.505 e. The molecule has 8 nitrogen and oxygen atoms in total. The average Bonchev–Trinajstić information content (AvgIpc) is 3.31. The van der Waals surface area contributed by atoms with Crippen molar-refractivity contribution < 1.29 is 19.7 Å². The number of imidazole rings is 1. The number of aromatic amines is 2. The van der Waals surface area contributed by atoms with Crippen molar-refractivity contribution in [1.82, 2.24) is 15.0 Å². The van der Waals surface area contributed by atoms with E-state index in [1.807, 2.05) is 30.3 Å². The summed E-state index contributed by atoms with van der Waals surface area (Å²) in [5.74, 6) is -0.168. The number of carbonyl (C=O) groups excluding carboxylic acids is 1. The normalized spacial score (nSPS) is 10.6. The van der Waals surface area contributed by atoms with Crippen molar-refractivity contribution in [2.75, 3.05) is 5.32 Å². The Hall–Kier alpha value is -4.20. The molecule has 1 amide bonds. The van der Waals surface area contributed by atoms with Gasteiger partial charge in [0, 0.05) is 30.1 Å². The molecule has 2 aromatic heterocycles. The monoisotopic (exact) mass is 390 g/mol. The summed E-state index contributed by atoms with van der Waals surface area (Å²) in [6.07, 6.45) is 3.36. The Labute approximate surface area is 165 Å². The van der Waals surface area contributed by atoms with Crippen molar-refractivity contribution in [3.05, 3.63) is 84.1 Å². The fourth-order valence-corrected chi connectivity index (χ4v) is 2.90. The molecule has 4 rings (SSSR count). The molecule has 146 valence electrons. The van der Waals surface area contributed by atoms with Gasteiger partial charge in [-0.3, -0.25) is 4.79 Å². The molecule has 5 N–H and O–H groups in total. The van der Waals surface area contributed by atoms with E-state index in [9.17, 15) is 15.0 Å². The molecule has 0 unspecified atom stereocenters. The number of hydrogen-bond donors (Lipinski definition) is 5. The van der Waals surface area contributed by atoms with Gasteiger partial charge in [0.05, 0.1) is 12.0 Å². The van der Waals surface area contributed by atoms with Gasteiger partial charge in [-0.1, -0.05) is 24.3 Å². The molecular weight excluding hydrogens is 372 g/mol. The Kier molecular flexibility index (Phi) is 4.90. The van der Waals surface area contributed by atoms with Crippen LogP contribution in [0.15, 0.2) is 67.1 Å². The van der Waals surface area contributed by atoms with Crippen molar-refractivity contribution >= 4 is 11.6 Å². The highest BCUT2D eigenvalue weighted by Crippen LogP contribution is 2.33. The molecule has 0 fully saturated rings. The smallest absolute Gasteiger partial charge is 0.264 e. The van der Waals surface area contributed by atoms with Gasteiger partial charge >= 0.3 is 0 Å². The molecule has 2 heterocycles. The van der Waals surface area contributed by atoms with E-state index in [1.165, 1.54) is 6.33 Å². The van der Waals surface area contributed by atoms with Crippen LogP contribution >= 0.6 is 0 Å². The predicted molar refractivity (Wildman–Crippen MR) is 106 cm³/mol. The van der Waals surface area contributed by atoms with Crippen molar-refractivity contribution in [1.29, 1.82) is 0 Å². The highest BCUT2D eigenvalue weighted by Gasteiger charge is 2.23. The van der Waals surface area contributed by atoms with Crippen molar-refractivity contribution in [2.45, 2.75) is 6.42 Å². The summed E-state index contributed by atoms with van der Waals surface area (Å²) >= 11 is 0. The van der Waals surface area contributed by atoms with Crippen LogP contribution in [0.1, 0.15) is 21.7 Å². The molecule has 0 saturated carbocycles. The summed E-state index contributed by atoms with van der Waals surface area (Å²) in [5.41, 5.74) is 1.25. The Morgan fingerprint density at radius 1 is 1.07 bits per heavy atom. The van der Waals surface area contributed by atoms with Gasteiger partial charge in [0.25, 0.3) is 5.91 Å². The summed E-state index contributed by atoms with van der Waals surface area (Å²) < 4.78 is 5.75. The average molecular weight is 390 g/mol. The van der Waals surface area contributed by atoms with Gasteiger partial charge in [0.15, 0.2) is 5.75 Å². The number of aromatic hydroxyl groups is 2. The lowest BCUT2D eigenvalue weighted by molar-refractivity contribution is 0.102. The summed E-state index contributed by atoms with van der Waals surface area (Å²) in [5, 5.41) is 23.2. The minimum absolute atomic E-state index is 0.228. The first-order valence-corrected chi connectivity index (χ1v) is 8.84. The van der Waals surface area contributed by atoms with E-state index in [4.69, 9.17) is 4.74 Å². The van der Waals surface area contributed by atoms with E-state index in [0.717, 1.165) is 5.69 Å². The first-order chi connectivity index (χ1) is 14.1. The lowest BCUT2D eigenvalue weighted by Gasteiger charge is -2.09. The number of nitrogens with one attached hydrogen (secondary N) is 3. The van der Waals surface area contributed by atoms with Gasteiger partial charge in [0.2, 0.25) is 5.88 Å². The fraction of sp³-hybridized carbons (Fsp3) is 0.0476. The number of benzene rings is 2. The van der Waals surface area contributed by atoms with Gasteiger partial charge < -0.3 is 30.2 Å². The highest BCUT2D eigenvalue weighted by atomic mass is 16.5. The molecule has 0 aliphatic rings. The quantitative estimate of drug-likeness (QED) is 0.343. The summed E-state index contributed by atoms with van der Waals surface area (Å²) in [4.78, 5) is 22.1. The Bertz CT molecular complexity index is 1120. The standard InChI is InChI=1S/C21H18N4O4/c26-19-17(10-14-11-22-12-23-14)25-21(28)18(19)20(27)24-13-5-4-8-16(9-13)29-15-6-2-1-3-7-15/h1-9,11-12,25-26,28H,10H2,(H,22,23)(H,24,27). The third-order valence-electron chi connectivity index (χ3n) is 4.25. The zero-order chi connectivity index (χ0) is 20.2. The second-order valence-corrected chi connectivity index (χ2v) is 6.33. The minimum atomic E-state index is -0.649. The van der Waals surface area contributed by atoms with Crippen LogP contribution in [-0.2, 0) is 6.42 Å². The van der Waals surface area contributed by atoms with Gasteiger partial charge in [-0.2, -0.15) is 0 Å². The maximum absolute atomic E-state index is 12.6. The second kappa shape index (κ2) is 7.81. The Balaban J connectivity index is 1.51. The van der Waals surface area contributed by atoms with Crippen LogP contribution in [0.5, 0.6) is 23.1 Å². The summed E-state index contributed by atoms with van der Waals surface area (Å²) in [7, 11) is 0. The third-order valence-corrected chi connectivity index (χ3v) is 4.25. The zero-order valence-electron chi connectivity index (χ0n) is 15.2. The van der Waals surface area contributed by atoms with Crippen molar-refractivity contribution in [2.24, 2.45) is 0 Å². The van der Waals surface area contributed by atoms with Crippen LogP contribution in [0.3, 0.4) is 0 Å². The first kappa shape index (κ1) is 18.2. The van der Waals surface area contributed by atoms with Gasteiger partial charge in [0.1, 0.15) is 17.1 Å². The highest BCUT2D eigenvalue weighted by molar-refractivity contribution is 6.08. The Morgan fingerprint density at radius 2 is 1.86 bits per heavy atom. The molecular formula is C21H18N4O4. The number of rotatable bonds is 6. The fourth-order valence-electron chi connectivity index (χ4n) is 2.90. The number of hydrogen-bond acceptors (Lipinski definition) is 5. The van der Waals surface area contributed by atoms with Crippen LogP contribution < -0.4 is 10.1 Å². The molecule has 4 aromatic rings. The molecule has 8 heteroatoms. The number of carbonyl (C=O) groups is 1. The van der Waals surface area contributed by atoms with E-state index in [-0.39, 0.29) is 17.7 Å². The van der Waals surface area contributed by atoms with E-state index in [2.05, 4.69) is 20.3 Å². The number of nitrogens with zero attached hydrogens (tertiary/aromatic N) is 1. The molecule has 0 bridgehead atoms. The molecule has 0 aliphatic carbocycles. The molecule has 0 radical (unpaired) electrons. The van der Waals surface area contributed by atoms with Gasteiger partial charge in [-0.25, -0.2) is 4.98 Å². The van der Waals surface area contributed by atoms with Crippen LogP contribution in [-0.4, -0.2) is 31.1 Å². The van der Waals surface area contributed by atoms with Crippen LogP contribution in [0.25, 0.3) is 0 Å². The van der Waals surface area contributed by atoms with Crippen LogP contribution in [0.2, 0.25) is 0 Å². The zero-order valence-corrected chi connectivity index (χ0v) is 15.2. The van der Waals surface area contributed by atoms with Crippen molar-refractivity contribution in [3.8, 4) is 23.1 Å². The van der Waals surface area contributed by atoms with E-state index < -0.39 is 11.8 Å². The lowest BCUT2D eigenvalue weighted by atomic mass is 10.2. The number of para-hydroxylation sites is 1. The van der Waals surface area contributed by atoms with Gasteiger partial charge in [-0.05, 0) is 24.3 Å². The molecule has 0 saturated heterocycles. The molecule has 0 spiro atoms. The van der Waals surface area contributed by atoms with E-state index >= 15 is 0 Å². The topological polar surface area (TPSA) is 123 Å². The van der Waals surface area contributed by atoms with E-state index in [1.54, 1.807) is 30.5 Å². The predicted octanol–water partition coefficient (Wildman–Crippen LogP) is 3.78. The first-order valence-electron chi connectivity index (χ1n) is 8.84. The van der Waals surface area contributed by atoms with Crippen LogP contribution in [0.4, 0.5) is 5.69 Å². The number of ether oxygens (including phenoxy) is 1. The van der Waals surface area contributed by atoms with Crippen LogP contribution in [0, 0.1) is 0 Å². The van der Waals surface area contributed by atoms with Crippen molar-refractivity contribution in [3.63, 3.8) is 0 Å². The maximum Gasteiger partial charge on any atom is 0.264 e. The second-order valence-electron chi connectivity index (χ2n) is 6.33. The molecule has 0 atom stereocenters. The Morgan fingerprint density at radius 3 is 2.62 bits per heavy atom. The maximum atomic E-state index is 12.6. The van der Waals surface area contributed by atoms with E-state index in [0.29, 0.717) is 22.9 Å². The third kappa shape index (κ3) is 4.06. The number of aromatic nitrogens is 3. The summed E-state index contributed by atoms with van der Waals surface area (Å²) in [6, 6.07) is 16.1. The largest absolute Gasteiger partial charge is 0.505 e. The molecule has 29 heavy (non-hydrogen) atoms. The number of anilines is 1. The number of amides is 1.